The number of aryl methyl sites for hydroxylation is 1. The number of alkyl halides is 3. The number of rotatable bonds is 8. The average molecular weight is 410 g/mol. The zero-order valence-corrected chi connectivity index (χ0v) is 17.4. The van der Waals surface area contributed by atoms with Gasteiger partial charge in [0.2, 0.25) is 0 Å². The van der Waals surface area contributed by atoms with Crippen molar-refractivity contribution in [3.8, 4) is 0 Å². The van der Waals surface area contributed by atoms with Crippen LogP contribution in [0.5, 0.6) is 0 Å². The predicted molar refractivity (Wildman–Crippen MR) is 107 cm³/mol. The number of benzene rings is 1. The quantitative estimate of drug-likeness (QED) is 0.534. The zero-order chi connectivity index (χ0) is 21.4. The molecule has 0 aliphatic heterocycles. The van der Waals surface area contributed by atoms with Gasteiger partial charge in [-0.1, -0.05) is 32.9 Å². The number of nitrogens with zero attached hydrogens (tertiary/aromatic N) is 5. The van der Waals surface area contributed by atoms with Gasteiger partial charge in [-0.3, -0.25) is 4.99 Å². The molecule has 2 rings (SSSR count). The van der Waals surface area contributed by atoms with E-state index in [1.54, 1.807) is 6.33 Å². The number of aromatic nitrogens is 3. The van der Waals surface area contributed by atoms with Crippen LogP contribution in [-0.2, 0) is 25.7 Å². The second-order valence-corrected chi connectivity index (χ2v) is 7.33. The molecule has 160 valence electrons. The van der Waals surface area contributed by atoms with Gasteiger partial charge in [0, 0.05) is 39.6 Å². The third kappa shape index (κ3) is 7.07. The summed E-state index contributed by atoms with van der Waals surface area (Å²) < 4.78 is 40.2. The number of halogens is 3. The van der Waals surface area contributed by atoms with Crippen LogP contribution >= 0.6 is 0 Å². The van der Waals surface area contributed by atoms with Crippen LogP contribution in [-0.4, -0.2) is 45.8 Å². The van der Waals surface area contributed by atoms with Gasteiger partial charge < -0.3 is 14.8 Å². The zero-order valence-electron chi connectivity index (χ0n) is 17.4. The van der Waals surface area contributed by atoms with Crippen LogP contribution in [0.2, 0.25) is 0 Å². The van der Waals surface area contributed by atoms with Gasteiger partial charge in [0.25, 0.3) is 0 Å². The minimum Gasteiger partial charge on any atom is -0.354 e. The molecule has 1 aromatic carbocycles. The normalized spacial score (nSPS) is 12.5. The van der Waals surface area contributed by atoms with Gasteiger partial charge in [-0.25, -0.2) is 0 Å². The first kappa shape index (κ1) is 22.7. The lowest BCUT2D eigenvalue weighted by molar-refractivity contribution is -0.137. The Balaban J connectivity index is 2.01. The molecule has 1 aromatic heterocycles. The summed E-state index contributed by atoms with van der Waals surface area (Å²) in [6.07, 6.45) is -1.81. The molecule has 0 saturated carbocycles. The van der Waals surface area contributed by atoms with Crippen molar-refractivity contribution in [2.45, 2.75) is 46.5 Å². The second-order valence-electron chi connectivity index (χ2n) is 7.33. The SMILES string of the molecule is CCc1nncn1CCNC(=NCC(C)C)N(C)Cc1ccc(C(F)(F)F)cc1. The largest absolute Gasteiger partial charge is 0.416 e. The maximum atomic E-state index is 12.7. The van der Waals surface area contributed by atoms with Crippen LogP contribution in [0.4, 0.5) is 13.2 Å². The van der Waals surface area contributed by atoms with E-state index in [0.717, 1.165) is 29.9 Å². The van der Waals surface area contributed by atoms with Crippen LogP contribution in [0.15, 0.2) is 35.6 Å². The molecule has 0 aliphatic carbocycles. The van der Waals surface area contributed by atoms with E-state index < -0.39 is 11.7 Å². The molecule has 0 saturated heterocycles. The molecule has 0 radical (unpaired) electrons. The van der Waals surface area contributed by atoms with Gasteiger partial charge >= 0.3 is 6.18 Å². The van der Waals surface area contributed by atoms with Crippen molar-refractivity contribution in [2.75, 3.05) is 20.1 Å². The van der Waals surface area contributed by atoms with Crippen molar-refractivity contribution >= 4 is 5.96 Å². The standard InChI is InChI=1S/C20H29F3N6/c1-5-18-27-26-14-29(18)11-10-24-19(25-12-15(2)3)28(4)13-16-6-8-17(9-7-16)20(21,22)23/h6-9,14-15H,5,10-13H2,1-4H3,(H,24,25). The molecular formula is C20H29F3N6. The molecule has 2 aromatic rings. The van der Waals surface area contributed by atoms with E-state index in [2.05, 4.69) is 34.4 Å². The van der Waals surface area contributed by atoms with Crippen molar-refractivity contribution < 1.29 is 13.2 Å². The van der Waals surface area contributed by atoms with Crippen LogP contribution in [0.25, 0.3) is 0 Å². The van der Waals surface area contributed by atoms with E-state index in [-0.39, 0.29) is 0 Å². The number of guanidine groups is 1. The van der Waals surface area contributed by atoms with E-state index in [1.165, 1.54) is 12.1 Å². The highest BCUT2D eigenvalue weighted by molar-refractivity contribution is 5.79. The first-order chi connectivity index (χ1) is 13.7. The summed E-state index contributed by atoms with van der Waals surface area (Å²) in [5.74, 6) is 2.03. The molecule has 0 bridgehead atoms. The molecule has 1 N–H and O–H groups in total. The monoisotopic (exact) mass is 410 g/mol. The van der Waals surface area contributed by atoms with Gasteiger partial charge in [-0.05, 0) is 23.6 Å². The molecule has 9 heteroatoms. The average Bonchev–Trinajstić information content (AvgIpc) is 3.11. The first-order valence-corrected chi connectivity index (χ1v) is 9.73. The Hall–Kier alpha value is -2.58. The fraction of sp³-hybridized carbons (Fsp3) is 0.550. The van der Waals surface area contributed by atoms with Crippen molar-refractivity contribution in [3.63, 3.8) is 0 Å². The fourth-order valence-electron chi connectivity index (χ4n) is 2.76. The Morgan fingerprint density at radius 3 is 2.52 bits per heavy atom. The Labute approximate surface area is 169 Å². The summed E-state index contributed by atoms with van der Waals surface area (Å²) in [7, 11) is 1.88. The number of aliphatic imine (C=N–C) groups is 1. The maximum absolute atomic E-state index is 12.7. The van der Waals surface area contributed by atoms with Crippen molar-refractivity contribution in [1.29, 1.82) is 0 Å². The topological polar surface area (TPSA) is 58.3 Å². The molecular weight excluding hydrogens is 381 g/mol. The third-order valence-electron chi connectivity index (χ3n) is 4.32. The van der Waals surface area contributed by atoms with Gasteiger partial charge in [0.1, 0.15) is 12.2 Å². The van der Waals surface area contributed by atoms with Gasteiger partial charge in [0.05, 0.1) is 5.56 Å². The molecule has 0 aliphatic rings. The second kappa shape index (κ2) is 10.3. The van der Waals surface area contributed by atoms with Gasteiger partial charge in [-0.15, -0.1) is 10.2 Å². The lowest BCUT2D eigenvalue weighted by atomic mass is 10.1. The predicted octanol–water partition coefficient (Wildman–Crippen LogP) is 3.59. The molecule has 29 heavy (non-hydrogen) atoms. The highest BCUT2D eigenvalue weighted by atomic mass is 19.4. The molecule has 1 heterocycles. The Morgan fingerprint density at radius 1 is 1.24 bits per heavy atom. The van der Waals surface area contributed by atoms with Crippen LogP contribution in [0.1, 0.15) is 37.7 Å². The molecule has 0 unspecified atom stereocenters. The van der Waals surface area contributed by atoms with Crippen LogP contribution in [0.3, 0.4) is 0 Å². The number of hydrogen-bond acceptors (Lipinski definition) is 3. The maximum Gasteiger partial charge on any atom is 0.416 e. The molecule has 0 fully saturated rings. The number of hydrogen-bond donors (Lipinski definition) is 1. The fourth-order valence-corrected chi connectivity index (χ4v) is 2.76. The summed E-state index contributed by atoms with van der Waals surface area (Å²) >= 11 is 0. The van der Waals surface area contributed by atoms with Gasteiger partial charge in [0.15, 0.2) is 5.96 Å². The van der Waals surface area contributed by atoms with E-state index in [0.29, 0.717) is 38.1 Å². The highest BCUT2D eigenvalue weighted by Crippen LogP contribution is 2.29. The molecule has 0 spiro atoms. The Kier molecular flexibility index (Phi) is 8.04. The summed E-state index contributed by atoms with van der Waals surface area (Å²) in [6, 6.07) is 5.23. The summed E-state index contributed by atoms with van der Waals surface area (Å²) in [4.78, 5) is 6.56. The Bertz CT molecular complexity index is 780. The van der Waals surface area contributed by atoms with E-state index in [1.807, 2.05) is 23.4 Å². The van der Waals surface area contributed by atoms with Gasteiger partial charge in [-0.2, -0.15) is 13.2 Å². The molecule has 0 amide bonds. The van der Waals surface area contributed by atoms with Crippen LogP contribution < -0.4 is 5.32 Å². The molecule has 0 atom stereocenters. The summed E-state index contributed by atoms with van der Waals surface area (Å²) in [5.41, 5.74) is 0.142. The lowest BCUT2D eigenvalue weighted by Gasteiger charge is -2.23. The summed E-state index contributed by atoms with van der Waals surface area (Å²) in [5, 5.41) is 11.3. The van der Waals surface area contributed by atoms with E-state index in [9.17, 15) is 13.2 Å². The molecule has 6 nitrogen and oxygen atoms in total. The minimum absolute atomic E-state index is 0.399. The third-order valence-corrected chi connectivity index (χ3v) is 4.32. The van der Waals surface area contributed by atoms with Crippen molar-refractivity contribution in [1.82, 2.24) is 25.0 Å². The highest BCUT2D eigenvalue weighted by Gasteiger charge is 2.29. The van der Waals surface area contributed by atoms with Crippen molar-refractivity contribution in [3.05, 3.63) is 47.5 Å². The first-order valence-electron chi connectivity index (χ1n) is 9.73. The number of nitrogens with one attached hydrogen (secondary N) is 1. The van der Waals surface area contributed by atoms with Crippen LogP contribution in [0, 0.1) is 5.92 Å². The lowest BCUT2D eigenvalue weighted by Crippen LogP contribution is -2.40. The minimum atomic E-state index is -4.32. The van der Waals surface area contributed by atoms with E-state index >= 15 is 0 Å². The van der Waals surface area contributed by atoms with E-state index in [4.69, 9.17) is 0 Å². The Morgan fingerprint density at radius 2 is 1.93 bits per heavy atom. The smallest absolute Gasteiger partial charge is 0.354 e. The summed E-state index contributed by atoms with van der Waals surface area (Å²) in [6.45, 7) is 8.65. The van der Waals surface area contributed by atoms with Crippen molar-refractivity contribution in [2.24, 2.45) is 10.9 Å².